The van der Waals surface area contributed by atoms with Crippen LogP contribution < -0.4 is 5.32 Å². The lowest BCUT2D eigenvalue weighted by molar-refractivity contribution is -0.147. The summed E-state index contributed by atoms with van der Waals surface area (Å²) in [5.41, 5.74) is 1.53. The molecule has 0 saturated heterocycles. The highest BCUT2D eigenvalue weighted by Crippen LogP contribution is 2.21. The second-order valence-corrected chi connectivity index (χ2v) is 5.57. The van der Waals surface area contributed by atoms with Crippen molar-refractivity contribution in [2.45, 2.75) is 26.2 Å². The van der Waals surface area contributed by atoms with Gasteiger partial charge in [0.1, 0.15) is 0 Å². The Morgan fingerprint density at radius 1 is 1.43 bits per heavy atom. The molecule has 0 aliphatic heterocycles. The highest BCUT2D eigenvalue weighted by molar-refractivity contribution is 6.30. The van der Waals surface area contributed by atoms with Crippen molar-refractivity contribution >= 4 is 29.2 Å². The molecule has 0 bridgehead atoms. The average Bonchev–Trinajstić information content (AvgIpc) is 2.92. The number of amides is 1. The van der Waals surface area contributed by atoms with Gasteiger partial charge in [0, 0.05) is 10.7 Å². The number of nitrogens with one attached hydrogen (secondary N) is 1. The van der Waals surface area contributed by atoms with Crippen LogP contribution in [0.1, 0.15) is 24.8 Å². The van der Waals surface area contributed by atoms with Crippen molar-refractivity contribution in [3.05, 3.63) is 40.9 Å². The number of halogens is 1. The molecule has 1 aliphatic carbocycles. The molecule has 2 rings (SSSR count). The van der Waals surface area contributed by atoms with Gasteiger partial charge in [0.25, 0.3) is 5.91 Å². The molecule has 0 radical (unpaired) electrons. The SMILES string of the molecule is Cc1cc(Cl)ccc1NC(=O)COC(=O)C[C@@H]1C=CCC1. The molecule has 1 amide bonds. The van der Waals surface area contributed by atoms with E-state index in [0.717, 1.165) is 18.4 Å². The Hall–Kier alpha value is -1.81. The number of carbonyl (C=O) groups is 2. The van der Waals surface area contributed by atoms with Crippen LogP contribution in [-0.2, 0) is 14.3 Å². The van der Waals surface area contributed by atoms with Gasteiger partial charge in [-0.3, -0.25) is 9.59 Å². The third-order valence-electron chi connectivity index (χ3n) is 3.37. The normalized spacial score (nSPS) is 16.8. The van der Waals surface area contributed by atoms with Gasteiger partial charge in [0.05, 0.1) is 6.42 Å². The number of rotatable bonds is 5. The molecule has 0 heterocycles. The van der Waals surface area contributed by atoms with Crippen LogP contribution in [0.25, 0.3) is 0 Å². The number of hydrogen-bond acceptors (Lipinski definition) is 3. The Bertz CT molecular complexity index is 569. The topological polar surface area (TPSA) is 55.4 Å². The Balaban J connectivity index is 1.76. The minimum absolute atomic E-state index is 0.249. The third kappa shape index (κ3) is 4.90. The summed E-state index contributed by atoms with van der Waals surface area (Å²) in [5, 5.41) is 3.31. The summed E-state index contributed by atoms with van der Waals surface area (Å²) in [5.74, 6) is -0.440. The number of allylic oxidation sites excluding steroid dienone is 2. The molecule has 1 N–H and O–H groups in total. The first kappa shape index (κ1) is 15.6. The maximum Gasteiger partial charge on any atom is 0.306 e. The standard InChI is InChI=1S/C16H18ClNO3/c1-11-8-13(17)6-7-14(11)18-15(19)10-21-16(20)9-12-4-2-3-5-12/h2,4,6-8,12H,3,5,9-10H2,1H3,(H,18,19)/t12-/m1/s1. The maximum absolute atomic E-state index is 11.8. The molecule has 112 valence electrons. The Morgan fingerprint density at radius 3 is 2.90 bits per heavy atom. The summed E-state index contributed by atoms with van der Waals surface area (Å²) < 4.78 is 4.99. The molecule has 5 heteroatoms. The van der Waals surface area contributed by atoms with Gasteiger partial charge in [0.2, 0.25) is 0 Å². The zero-order chi connectivity index (χ0) is 15.2. The Labute approximate surface area is 129 Å². The lowest BCUT2D eigenvalue weighted by atomic mass is 10.1. The zero-order valence-electron chi connectivity index (χ0n) is 11.9. The Kier molecular flexibility index (Phi) is 5.39. The van der Waals surface area contributed by atoms with E-state index in [-0.39, 0.29) is 24.4 Å². The van der Waals surface area contributed by atoms with Crippen LogP contribution in [0.4, 0.5) is 5.69 Å². The number of carbonyl (C=O) groups excluding carboxylic acids is 2. The molecule has 0 unspecified atom stereocenters. The predicted octanol–water partition coefficient (Wildman–Crippen LogP) is 3.49. The molecule has 4 nitrogen and oxygen atoms in total. The fourth-order valence-electron chi connectivity index (χ4n) is 2.24. The van der Waals surface area contributed by atoms with Gasteiger partial charge in [-0.2, -0.15) is 0 Å². The van der Waals surface area contributed by atoms with E-state index in [9.17, 15) is 9.59 Å². The van der Waals surface area contributed by atoms with Crippen molar-refractivity contribution in [2.75, 3.05) is 11.9 Å². The molecule has 1 aromatic carbocycles. The van der Waals surface area contributed by atoms with E-state index in [2.05, 4.69) is 11.4 Å². The van der Waals surface area contributed by atoms with Crippen molar-refractivity contribution in [3.63, 3.8) is 0 Å². The highest BCUT2D eigenvalue weighted by atomic mass is 35.5. The van der Waals surface area contributed by atoms with E-state index in [1.165, 1.54) is 0 Å². The lowest BCUT2D eigenvalue weighted by Crippen LogP contribution is -2.22. The van der Waals surface area contributed by atoms with Gasteiger partial charge in [-0.15, -0.1) is 0 Å². The van der Waals surface area contributed by atoms with E-state index >= 15 is 0 Å². The number of ether oxygens (including phenoxy) is 1. The third-order valence-corrected chi connectivity index (χ3v) is 3.60. The quantitative estimate of drug-likeness (QED) is 0.669. The van der Waals surface area contributed by atoms with Crippen molar-refractivity contribution in [1.82, 2.24) is 0 Å². The number of hydrogen-bond donors (Lipinski definition) is 1. The molecule has 0 saturated carbocycles. The number of aryl methyl sites for hydroxylation is 1. The molecule has 21 heavy (non-hydrogen) atoms. The zero-order valence-corrected chi connectivity index (χ0v) is 12.7. The van der Waals surface area contributed by atoms with E-state index in [1.807, 2.05) is 13.0 Å². The van der Waals surface area contributed by atoms with E-state index in [4.69, 9.17) is 16.3 Å². The van der Waals surface area contributed by atoms with Gasteiger partial charge < -0.3 is 10.1 Å². The number of anilines is 1. The Morgan fingerprint density at radius 2 is 2.24 bits per heavy atom. The van der Waals surface area contributed by atoms with Crippen molar-refractivity contribution < 1.29 is 14.3 Å². The average molecular weight is 308 g/mol. The fraction of sp³-hybridized carbons (Fsp3) is 0.375. The van der Waals surface area contributed by atoms with Crippen LogP contribution in [0.15, 0.2) is 30.4 Å². The van der Waals surface area contributed by atoms with Crippen LogP contribution in [0.5, 0.6) is 0 Å². The summed E-state index contributed by atoms with van der Waals surface area (Å²) >= 11 is 5.85. The first-order chi connectivity index (χ1) is 10.0. The second kappa shape index (κ2) is 7.27. The minimum Gasteiger partial charge on any atom is -0.456 e. The number of esters is 1. The van der Waals surface area contributed by atoms with Crippen LogP contribution >= 0.6 is 11.6 Å². The summed E-state index contributed by atoms with van der Waals surface area (Å²) in [6, 6.07) is 5.18. The van der Waals surface area contributed by atoms with Crippen LogP contribution in [0.3, 0.4) is 0 Å². The number of benzene rings is 1. The molecular formula is C16H18ClNO3. The molecule has 0 aromatic heterocycles. The first-order valence-corrected chi connectivity index (χ1v) is 7.30. The largest absolute Gasteiger partial charge is 0.456 e. The molecule has 1 aromatic rings. The monoisotopic (exact) mass is 307 g/mol. The molecule has 0 fully saturated rings. The molecule has 1 aliphatic rings. The molecule has 0 spiro atoms. The smallest absolute Gasteiger partial charge is 0.306 e. The van der Waals surface area contributed by atoms with Crippen LogP contribution in [0, 0.1) is 12.8 Å². The van der Waals surface area contributed by atoms with E-state index < -0.39 is 0 Å². The van der Waals surface area contributed by atoms with Crippen LogP contribution in [0.2, 0.25) is 5.02 Å². The second-order valence-electron chi connectivity index (χ2n) is 5.14. The fourth-order valence-corrected chi connectivity index (χ4v) is 2.46. The lowest BCUT2D eigenvalue weighted by Gasteiger charge is -2.10. The van der Waals surface area contributed by atoms with E-state index in [1.54, 1.807) is 18.2 Å². The van der Waals surface area contributed by atoms with Gasteiger partial charge in [0.15, 0.2) is 6.61 Å². The van der Waals surface area contributed by atoms with Crippen molar-refractivity contribution in [2.24, 2.45) is 5.92 Å². The first-order valence-electron chi connectivity index (χ1n) is 6.93. The molecular weight excluding hydrogens is 290 g/mol. The van der Waals surface area contributed by atoms with Gasteiger partial charge >= 0.3 is 5.97 Å². The summed E-state index contributed by atoms with van der Waals surface area (Å²) in [6.07, 6.45) is 6.41. The summed E-state index contributed by atoms with van der Waals surface area (Å²) in [7, 11) is 0. The van der Waals surface area contributed by atoms with Gasteiger partial charge in [-0.1, -0.05) is 23.8 Å². The predicted molar refractivity (Wildman–Crippen MR) is 82.3 cm³/mol. The molecule has 1 atom stereocenters. The minimum atomic E-state index is -0.351. The van der Waals surface area contributed by atoms with Crippen LogP contribution in [-0.4, -0.2) is 18.5 Å². The summed E-state index contributed by atoms with van der Waals surface area (Å²) in [6.45, 7) is 1.58. The van der Waals surface area contributed by atoms with Gasteiger partial charge in [-0.05, 0) is 49.4 Å². The van der Waals surface area contributed by atoms with Crippen molar-refractivity contribution in [3.8, 4) is 0 Å². The van der Waals surface area contributed by atoms with Gasteiger partial charge in [-0.25, -0.2) is 0 Å². The van der Waals surface area contributed by atoms with E-state index in [0.29, 0.717) is 17.1 Å². The summed E-state index contributed by atoms with van der Waals surface area (Å²) in [4.78, 5) is 23.4. The maximum atomic E-state index is 11.8. The van der Waals surface area contributed by atoms with Crippen molar-refractivity contribution in [1.29, 1.82) is 0 Å². The highest BCUT2D eigenvalue weighted by Gasteiger charge is 2.16.